The number of hydrogen-bond donors (Lipinski definition) is 2. The number of carbonyl (C=O) groups excluding carboxylic acids is 1. The Labute approximate surface area is 124 Å². The Balaban J connectivity index is 1.88. The first-order valence-electron chi connectivity index (χ1n) is 6.39. The van der Waals surface area contributed by atoms with Gasteiger partial charge in [-0.1, -0.05) is 0 Å². The average molecular weight is 307 g/mol. The van der Waals surface area contributed by atoms with Crippen molar-refractivity contribution in [3.63, 3.8) is 0 Å². The van der Waals surface area contributed by atoms with E-state index in [4.69, 9.17) is 0 Å². The van der Waals surface area contributed by atoms with E-state index in [1.165, 1.54) is 11.9 Å². The number of carbonyl (C=O) groups is 2. The molecule has 3 rings (SSSR count). The summed E-state index contributed by atoms with van der Waals surface area (Å²) >= 11 is 0.970. The molecule has 2 N–H and O–H groups in total. The van der Waals surface area contributed by atoms with Crippen LogP contribution in [0, 0.1) is 6.92 Å². The number of carboxylic acid groups (broad SMARTS) is 1. The van der Waals surface area contributed by atoms with E-state index in [9.17, 15) is 14.7 Å². The van der Waals surface area contributed by atoms with Gasteiger partial charge in [0.1, 0.15) is 16.4 Å². The predicted molar refractivity (Wildman–Crippen MR) is 74.9 cm³/mol. The molecule has 0 bridgehead atoms. The number of rotatable bonds is 4. The molecule has 1 fully saturated rings. The summed E-state index contributed by atoms with van der Waals surface area (Å²) in [5, 5.41) is 16.2. The lowest BCUT2D eigenvalue weighted by atomic mass is 10.2. The SMILES string of the molecule is Cc1nsc(N(C)C(=O)c2n[nH]c(C3CC3)n2)c1C(=O)O. The van der Waals surface area contributed by atoms with E-state index in [2.05, 4.69) is 19.6 Å². The number of carboxylic acids is 1. The van der Waals surface area contributed by atoms with Crippen molar-refractivity contribution in [3.8, 4) is 0 Å². The summed E-state index contributed by atoms with van der Waals surface area (Å²) in [5.41, 5.74) is 0.421. The van der Waals surface area contributed by atoms with Crippen molar-refractivity contribution < 1.29 is 14.7 Å². The number of H-pyrrole nitrogens is 1. The van der Waals surface area contributed by atoms with Crippen LogP contribution in [0.1, 0.15) is 51.3 Å². The van der Waals surface area contributed by atoms with Crippen LogP contribution in [-0.4, -0.2) is 43.6 Å². The molecule has 1 amide bonds. The zero-order valence-corrected chi connectivity index (χ0v) is 12.3. The van der Waals surface area contributed by atoms with Gasteiger partial charge in [-0.2, -0.15) is 4.37 Å². The summed E-state index contributed by atoms with van der Waals surface area (Å²) in [6.45, 7) is 1.60. The van der Waals surface area contributed by atoms with Gasteiger partial charge in [0.05, 0.1) is 5.69 Å². The number of aromatic carboxylic acids is 1. The maximum absolute atomic E-state index is 12.4. The molecule has 0 spiro atoms. The van der Waals surface area contributed by atoms with Crippen molar-refractivity contribution >= 4 is 28.4 Å². The van der Waals surface area contributed by atoms with Crippen molar-refractivity contribution in [2.75, 3.05) is 11.9 Å². The second kappa shape index (κ2) is 4.92. The highest BCUT2D eigenvalue weighted by Gasteiger charge is 2.30. The zero-order chi connectivity index (χ0) is 15.1. The minimum absolute atomic E-state index is 0.0359. The molecule has 0 radical (unpaired) electrons. The fourth-order valence-electron chi connectivity index (χ4n) is 1.98. The van der Waals surface area contributed by atoms with Gasteiger partial charge in [-0.05, 0) is 31.3 Å². The number of amides is 1. The number of nitrogens with zero attached hydrogens (tertiary/aromatic N) is 4. The molecule has 2 aromatic rings. The van der Waals surface area contributed by atoms with Crippen LogP contribution in [0.4, 0.5) is 5.00 Å². The molecule has 0 aliphatic heterocycles. The average Bonchev–Trinajstić information content (AvgIpc) is 3.04. The summed E-state index contributed by atoms with van der Waals surface area (Å²) in [4.78, 5) is 29.0. The minimum Gasteiger partial charge on any atom is -0.478 e. The van der Waals surface area contributed by atoms with Gasteiger partial charge in [0.2, 0.25) is 5.82 Å². The summed E-state index contributed by atoms with van der Waals surface area (Å²) in [6, 6.07) is 0. The topological polar surface area (TPSA) is 112 Å². The van der Waals surface area contributed by atoms with Gasteiger partial charge >= 0.3 is 5.97 Å². The molecule has 9 heteroatoms. The largest absolute Gasteiger partial charge is 0.478 e. The molecule has 1 aliphatic carbocycles. The van der Waals surface area contributed by atoms with Crippen molar-refractivity contribution in [3.05, 3.63) is 22.9 Å². The molecular formula is C12H13N5O3S. The van der Waals surface area contributed by atoms with E-state index in [1.807, 2.05) is 0 Å². The Morgan fingerprint density at radius 2 is 2.14 bits per heavy atom. The van der Waals surface area contributed by atoms with Gasteiger partial charge in [-0.25, -0.2) is 9.78 Å². The Bertz CT molecular complexity index is 718. The number of aromatic nitrogens is 4. The van der Waals surface area contributed by atoms with Crippen molar-refractivity contribution in [1.82, 2.24) is 19.6 Å². The normalized spacial score (nSPS) is 14.2. The standard InChI is InChI=1S/C12H13N5O3S/c1-5-7(12(19)20)11(21-16-5)17(2)10(18)9-13-8(14-15-9)6-3-4-6/h6H,3-4H2,1-2H3,(H,19,20)(H,13,14,15). The van der Waals surface area contributed by atoms with Crippen LogP contribution >= 0.6 is 11.5 Å². The van der Waals surface area contributed by atoms with E-state index < -0.39 is 11.9 Å². The molecule has 0 saturated heterocycles. The van der Waals surface area contributed by atoms with Gasteiger partial charge in [0.15, 0.2) is 0 Å². The zero-order valence-electron chi connectivity index (χ0n) is 11.5. The Kier molecular flexibility index (Phi) is 3.20. The van der Waals surface area contributed by atoms with Crippen molar-refractivity contribution in [2.45, 2.75) is 25.7 Å². The van der Waals surface area contributed by atoms with Crippen LogP contribution in [0.2, 0.25) is 0 Å². The molecule has 0 unspecified atom stereocenters. The van der Waals surface area contributed by atoms with E-state index in [0.717, 1.165) is 24.4 Å². The number of aryl methyl sites for hydroxylation is 1. The second-order valence-corrected chi connectivity index (χ2v) is 5.69. The third-order valence-electron chi connectivity index (χ3n) is 3.33. The van der Waals surface area contributed by atoms with Crippen LogP contribution < -0.4 is 4.90 Å². The van der Waals surface area contributed by atoms with E-state index in [-0.39, 0.29) is 16.4 Å². The molecule has 2 heterocycles. The third-order valence-corrected chi connectivity index (χ3v) is 4.34. The number of anilines is 1. The number of hydrogen-bond acceptors (Lipinski definition) is 6. The quantitative estimate of drug-likeness (QED) is 0.883. The van der Waals surface area contributed by atoms with E-state index in [0.29, 0.717) is 17.4 Å². The second-order valence-electron chi connectivity index (χ2n) is 4.94. The van der Waals surface area contributed by atoms with Crippen LogP contribution in [0.5, 0.6) is 0 Å². The summed E-state index contributed by atoms with van der Waals surface area (Å²) in [7, 11) is 1.49. The van der Waals surface area contributed by atoms with Crippen LogP contribution in [0.3, 0.4) is 0 Å². The Morgan fingerprint density at radius 1 is 1.43 bits per heavy atom. The summed E-state index contributed by atoms with van der Waals surface area (Å²) in [6.07, 6.45) is 2.10. The lowest BCUT2D eigenvalue weighted by Crippen LogP contribution is -2.28. The van der Waals surface area contributed by atoms with Crippen molar-refractivity contribution in [2.24, 2.45) is 0 Å². The van der Waals surface area contributed by atoms with Crippen LogP contribution in [-0.2, 0) is 0 Å². The number of nitrogens with one attached hydrogen (secondary N) is 1. The molecule has 110 valence electrons. The van der Waals surface area contributed by atoms with E-state index >= 15 is 0 Å². The third kappa shape index (κ3) is 2.40. The maximum Gasteiger partial charge on any atom is 0.340 e. The molecule has 8 nitrogen and oxygen atoms in total. The summed E-state index contributed by atoms with van der Waals surface area (Å²) < 4.78 is 4.00. The van der Waals surface area contributed by atoms with Gasteiger partial charge in [-0.3, -0.25) is 14.8 Å². The molecule has 1 saturated carbocycles. The monoisotopic (exact) mass is 307 g/mol. The van der Waals surface area contributed by atoms with Crippen LogP contribution in [0.25, 0.3) is 0 Å². The smallest absolute Gasteiger partial charge is 0.340 e. The van der Waals surface area contributed by atoms with Gasteiger partial charge in [0.25, 0.3) is 5.91 Å². The lowest BCUT2D eigenvalue weighted by molar-refractivity contribution is 0.0697. The first kappa shape index (κ1) is 13.7. The highest BCUT2D eigenvalue weighted by Crippen LogP contribution is 2.38. The fourth-order valence-corrected chi connectivity index (χ4v) is 2.83. The van der Waals surface area contributed by atoms with Gasteiger partial charge in [-0.15, -0.1) is 5.10 Å². The van der Waals surface area contributed by atoms with Gasteiger partial charge < -0.3 is 5.11 Å². The number of aromatic amines is 1. The molecule has 0 aromatic carbocycles. The van der Waals surface area contributed by atoms with E-state index in [1.54, 1.807) is 6.92 Å². The first-order chi connectivity index (χ1) is 9.99. The predicted octanol–water partition coefficient (Wildman–Crippen LogP) is 1.42. The molecule has 2 aromatic heterocycles. The fraction of sp³-hybridized carbons (Fsp3) is 0.417. The minimum atomic E-state index is -1.11. The molecular weight excluding hydrogens is 294 g/mol. The molecule has 0 atom stereocenters. The highest BCUT2D eigenvalue weighted by molar-refractivity contribution is 7.11. The Morgan fingerprint density at radius 3 is 2.76 bits per heavy atom. The van der Waals surface area contributed by atoms with Crippen molar-refractivity contribution in [1.29, 1.82) is 0 Å². The molecule has 21 heavy (non-hydrogen) atoms. The first-order valence-corrected chi connectivity index (χ1v) is 7.16. The lowest BCUT2D eigenvalue weighted by Gasteiger charge is -2.13. The summed E-state index contributed by atoms with van der Waals surface area (Å²) in [5.74, 6) is -0.439. The van der Waals surface area contributed by atoms with Gasteiger partial charge in [0, 0.05) is 13.0 Å². The Hall–Kier alpha value is -2.29. The van der Waals surface area contributed by atoms with Crippen LogP contribution in [0.15, 0.2) is 0 Å². The highest BCUT2D eigenvalue weighted by atomic mass is 32.1. The maximum atomic E-state index is 12.4. The molecule has 1 aliphatic rings.